The number of rotatable bonds is 6. The lowest BCUT2D eigenvalue weighted by Gasteiger charge is -2.11. The first kappa shape index (κ1) is 13.2. The van der Waals surface area contributed by atoms with Crippen LogP contribution in [-0.2, 0) is 11.2 Å². The largest absolute Gasteiger partial charge is 0.396 e. The Bertz CT molecular complexity index is 332. The zero-order valence-corrected chi connectivity index (χ0v) is 10.6. The van der Waals surface area contributed by atoms with Gasteiger partial charge in [-0.3, -0.25) is 4.79 Å². The lowest BCUT2D eigenvalue weighted by molar-refractivity contribution is -0.126. The quantitative estimate of drug-likeness (QED) is 0.797. The number of aryl methyl sites for hydroxylation is 1. The summed E-state index contributed by atoms with van der Waals surface area (Å²) >= 11 is 1.72. The molecule has 0 aliphatic rings. The molecule has 1 heterocycles. The minimum Gasteiger partial charge on any atom is -0.396 e. The van der Waals surface area contributed by atoms with Gasteiger partial charge >= 0.3 is 0 Å². The van der Waals surface area contributed by atoms with Gasteiger partial charge < -0.3 is 10.4 Å². The van der Waals surface area contributed by atoms with Crippen LogP contribution in [0.5, 0.6) is 0 Å². The molecule has 0 radical (unpaired) electrons. The fourth-order valence-corrected chi connectivity index (χ4v) is 2.41. The Kier molecular flexibility index (Phi) is 5.49. The van der Waals surface area contributed by atoms with Crippen LogP contribution in [0.3, 0.4) is 0 Å². The summed E-state index contributed by atoms with van der Waals surface area (Å²) in [5.74, 6) is -0.302. The maximum Gasteiger partial charge on any atom is 0.225 e. The summed E-state index contributed by atoms with van der Waals surface area (Å²) in [5, 5.41) is 13.9. The maximum absolute atomic E-state index is 11.6. The van der Waals surface area contributed by atoms with E-state index in [0.29, 0.717) is 13.0 Å². The van der Waals surface area contributed by atoms with Gasteiger partial charge in [-0.15, -0.1) is 11.3 Å². The van der Waals surface area contributed by atoms with Crippen molar-refractivity contribution in [3.63, 3.8) is 0 Å². The fourth-order valence-electron chi connectivity index (χ4n) is 1.50. The van der Waals surface area contributed by atoms with Crippen LogP contribution in [0.2, 0.25) is 0 Å². The second-order valence-electron chi connectivity index (χ2n) is 3.86. The minimum absolute atomic E-state index is 0.0424. The average Bonchev–Trinajstić information content (AvgIpc) is 2.66. The Labute approximate surface area is 100 Å². The number of nitrogens with one attached hydrogen (secondary N) is 1. The van der Waals surface area contributed by atoms with E-state index in [2.05, 4.69) is 23.7 Å². The first-order valence-corrected chi connectivity index (χ1v) is 6.48. The van der Waals surface area contributed by atoms with Gasteiger partial charge in [-0.1, -0.05) is 6.92 Å². The highest BCUT2D eigenvalue weighted by Crippen LogP contribution is 2.15. The summed E-state index contributed by atoms with van der Waals surface area (Å²) in [7, 11) is 0. The Balaban J connectivity index is 2.30. The molecule has 3 nitrogen and oxygen atoms in total. The Morgan fingerprint density at radius 3 is 2.88 bits per heavy atom. The standard InChI is InChI=1S/C12H19NO2S/c1-3-10(8-14)12(15)13-6-4-11-9(2)5-7-16-11/h5,7,10,14H,3-4,6,8H2,1-2H3,(H,13,15). The van der Waals surface area contributed by atoms with Gasteiger partial charge in [-0.05, 0) is 36.8 Å². The van der Waals surface area contributed by atoms with Crippen LogP contribution >= 0.6 is 11.3 Å². The summed E-state index contributed by atoms with van der Waals surface area (Å²) < 4.78 is 0. The zero-order chi connectivity index (χ0) is 12.0. The van der Waals surface area contributed by atoms with Crippen molar-refractivity contribution in [2.24, 2.45) is 5.92 Å². The molecule has 0 spiro atoms. The van der Waals surface area contributed by atoms with Crippen molar-refractivity contribution in [1.29, 1.82) is 0 Å². The second-order valence-corrected chi connectivity index (χ2v) is 4.86. The monoisotopic (exact) mass is 241 g/mol. The molecule has 0 saturated heterocycles. The number of amides is 1. The van der Waals surface area contributed by atoms with Gasteiger partial charge in [-0.25, -0.2) is 0 Å². The Morgan fingerprint density at radius 1 is 1.62 bits per heavy atom. The molecule has 0 aliphatic heterocycles. The van der Waals surface area contributed by atoms with Crippen LogP contribution in [0.15, 0.2) is 11.4 Å². The Morgan fingerprint density at radius 2 is 2.38 bits per heavy atom. The van der Waals surface area contributed by atoms with Crippen LogP contribution in [-0.4, -0.2) is 24.2 Å². The molecular formula is C12H19NO2S. The molecular weight excluding hydrogens is 222 g/mol. The normalized spacial score (nSPS) is 12.4. The molecule has 4 heteroatoms. The molecule has 90 valence electrons. The summed E-state index contributed by atoms with van der Waals surface area (Å²) in [6, 6.07) is 2.09. The molecule has 0 saturated carbocycles. The Hall–Kier alpha value is -0.870. The maximum atomic E-state index is 11.6. The van der Waals surface area contributed by atoms with Crippen molar-refractivity contribution in [3.8, 4) is 0 Å². The van der Waals surface area contributed by atoms with Gasteiger partial charge in [-0.2, -0.15) is 0 Å². The number of carbonyl (C=O) groups excluding carboxylic acids is 1. The van der Waals surface area contributed by atoms with E-state index in [1.54, 1.807) is 11.3 Å². The summed E-state index contributed by atoms with van der Waals surface area (Å²) in [4.78, 5) is 12.9. The molecule has 0 fully saturated rings. The van der Waals surface area contributed by atoms with E-state index in [1.165, 1.54) is 10.4 Å². The van der Waals surface area contributed by atoms with Crippen molar-refractivity contribution in [2.75, 3.05) is 13.2 Å². The van der Waals surface area contributed by atoms with E-state index in [9.17, 15) is 4.79 Å². The van der Waals surface area contributed by atoms with E-state index in [0.717, 1.165) is 6.42 Å². The first-order chi connectivity index (χ1) is 7.69. The molecule has 0 aliphatic carbocycles. The lowest BCUT2D eigenvalue weighted by atomic mass is 10.1. The van der Waals surface area contributed by atoms with E-state index < -0.39 is 0 Å². The summed E-state index contributed by atoms with van der Waals surface area (Å²) in [6.45, 7) is 4.57. The molecule has 0 bridgehead atoms. The van der Waals surface area contributed by atoms with Crippen LogP contribution < -0.4 is 5.32 Å². The van der Waals surface area contributed by atoms with E-state index in [4.69, 9.17) is 5.11 Å². The van der Waals surface area contributed by atoms with E-state index in [-0.39, 0.29) is 18.4 Å². The molecule has 0 aromatic carbocycles. The van der Waals surface area contributed by atoms with Crippen LogP contribution in [0.25, 0.3) is 0 Å². The predicted molar refractivity (Wildman–Crippen MR) is 66.6 cm³/mol. The number of thiophene rings is 1. The van der Waals surface area contributed by atoms with Crippen LogP contribution in [0.1, 0.15) is 23.8 Å². The van der Waals surface area contributed by atoms with E-state index >= 15 is 0 Å². The number of aliphatic hydroxyl groups is 1. The van der Waals surface area contributed by atoms with Gasteiger partial charge in [0.2, 0.25) is 5.91 Å². The highest BCUT2D eigenvalue weighted by Gasteiger charge is 2.14. The number of hydrogen-bond acceptors (Lipinski definition) is 3. The third-order valence-electron chi connectivity index (χ3n) is 2.70. The van der Waals surface area contributed by atoms with Crippen molar-refractivity contribution >= 4 is 17.2 Å². The van der Waals surface area contributed by atoms with Crippen molar-refractivity contribution < 1.29 is 9.90 Å². The van der Waals surface area contributed by atoms with Gasteiger partial charge in [0.15, 0.2) is 0 Å². The number of carbonyl (C=O) groups is 1. The average molecular weight is 241 g/mol. The van der Waals surface area contributed by atoms with E-state index in [1.807, 2.05) is 6.92 Å². The van der Waals surface area contributed by atoms with Crippen molar-refractivity contribution in [2.45, 2.75) is 26.7 Å². The topological polar surface area (TPSA) is 49.3 Å². The van der Waals surface area contributed by atoms with Gasteiger partial charge in [0.05, 0.1) is 12.5 Å². The van der Waals surface area contributed by atoms with Crippen LogP contribution in [0.4, 0.5) is 0 Å². The smallest absolute Gasteiger partial charge is 0.225 e. The molecule has 1 aromatic heterocycles. The molecule has 2 N–H and O–H groups in total. The van der Waals surface area contributed by atoms with Gasteiger partial charge in [0.25, 0.3) is 0 Å². The molecule has 1 amide bonds. The molecule has 1 aromatic rings. The van der Waals surface area contributed by atoms with Crippen molar-refractivity contribution in [1.82, 2.24) is 5.32 Å². The first-order valence-electron chi connectivity index (χ1n) is 5.60. The third kappa shape index (κ3) is 3.61. The highest BCUT2D eigenvalue weighted by molar-refractivity contribution is 7.10. The SMILES string of the molecule is CCC(CO)C(=O)NCCc1sccc1C. The molecule has 1 unspecified atom stereocenters. The number of hydrogen-bond donors (Lipinski definition) is 2. The molecule has 16 heavy (non-hydrogen) atoms. The predicted octanol–water partition coefficient (Wildman–Crippen LogP) is 1.73. The van der Waals surface area contributed by atoms with Crippen molar-refractivity contribution in [3.05, 3.63) is 21.9 Å². The van der Waals surface area contributed by atoms with Gasteiger partial charge in [0, 0.05) is 11.4 Å². The summed E-state index contributed by atoms with van der Waals surface area (Å²) in [6.07, 6.45) is 1.55. The summed E-state index contributed by atoms with van der Waals surface area (Å²) in [5.41, 5.74) is 1.29. The third-order valence-corrected chi connectivity index (χ3v) is 3.79. The fraction of sp³-hybridized carbons (Fsp3) is 0.583. The minimum atomic E-state index is -0.260. The second kappa shape index (κ2) is 6.66. The van der Waals surface area contributed by atoms with Gasteiger partial charge in [0.1, 0.15) is 0 Å². The molecule has 1 atom stereocenters. The van der Waals surface area contributed by atoms with Crippen LogP contribution in [0, 0.1) is 12.8 Å². The number of aliphatic hydroxyl groups excluding tert-OH is 1. The molecule has 1 rings (SSSR count). The highest BCUT2D eigenvalue weighted by atomic mass is 32.1. The lowest BCUT2D eigenvalue weighted by Crippen LogP contribution is -2.33. The zero-order valence-electron chi connectivity index (χ0n) is 9.82.